The number of phosphoric acid groups is 3. The first-order valence-corrected chi connectivity index (χ1v) is 12.2. The largest absolute Gasteiger partial charge is 0.790 e. The average molecular weight is 503 g/mol. The fourth-order valence-electron chi connectivity index (χ4n) is 2.60. The summed E-state index contributed by atoms with van der Waals surface area (Å²) >= 11 is 0. The van der Waals surface area contributed by atoms with Crippen LogP contribution in [0.3, 0.4) is 0 Å². The molecule has 3 rings (SSSR count). The van der Waals surface area contributed by atoms with Crippen molar-refractivity contribution in [1.29, 1.82) is 0 Å². The van der Waals surface area contributed by atoms with Crippen LogP contribution in [0, 0.1) is 0 Å². The molecule has 1 aliphatic heterocycles. The lowest BCUT2D eigenvalue weighted by Gasteiger charge is -2.37. The predicted molar refractivity (Wildman–Crippen MR) is 86.6 cm³/mol. The molecule has 6 atom stereocenters. The Kier molecular flexibility index (Phi) is 6.68. The molecule has 0 bridgehead atoms. The van der Waals surface area contributed by atoms with Crippen LogP contribution >= 0.6 is 23.5 Å². The van der Waals surface area contributed by atoms with Gasteiger partial charge in [-0.2, -0.15) is 0 Å². The molecule has 31 heavy (non-hydrogen) atoms. The summed E-state index contributed by atoms with van der Waals surface area (Å²) in [6, 6.07) is 0. The van der Waals surface area contributed by atoms with Crippen LogP contribution in [0.1, 0.15) is 6.23 Å². The standard InChI is InChI=1S/C10H16N5O13P3/c11-8-5-9(13-2-12-8)15(3-14-5)10-7(17)6(16)4(26-10)1-25-30(21,22)28-31(23,24)27-29(18,19)20/h2-4,6-7,10,16-17H,1H2,(H,21,22)(H,23,24)(H2,11,12,13)(H2,18,19,20)/p-4/t4-,6-,7-,10-/m1/s1. The van der Waals surface area contributed by atoms with Gasteiger partial charge in [0.15, 0.2) is 17.7 Å². The van der Waals surface area contributed by atoms with Crippen molar-refractivity contribution in [1.82, 2.24) is 19.5 Å². The van der Waals surface area contributed by atoms with Crippen LogP contribution in [0.4, 0.5) is 5.82 Å². The summed E-state index contributed by atoms with van der Waals surface area (Å²) in [5.74, 6) is 0.0195. The zero-order chi connectivity index (χ0) is 23.2. The van der Waals surface area contributed by atoms with Gasteiger partial charge in [0.2, 0.25) is 0 Å². The van der Waals surface area contributed by atoms with Gasteiger partial charge in [0.05, 0.1) is 20.8 Å². The molecule has 174 valence electrons. The Labute approximate surface area is 171 Å². The van der Waals surface area contributed by atoms with Gasteiger partial charge < -0.3 is 49.3 Å². The minimum atomic E-state index is -6.14. The summed E-state index contributed by atoms with van der Waals surface area (Å²) in [6.45, 7) is -1.08. The van der Waals surface area contributed by atoms with Crippen molar-refractivity contribution in [3.05, 3.63) is 12.7 Å². The van der Waals surface area contributed by atoms with Gasteiger partial charge in [0, 0.05) is 0 Å². The van der Waals surface area contributed by atoms with E-state index in [0.717, 1.165) is 12.7 Å². The zero-order valence-corrected chi connectivity index (χ0v) is 17.4. The number of fused-ring (bicyclic) bond motifs is 1. The molecule has 3 heterocycles. The summed E-state index contributed by atoms with van der Waals surface area (Å²) < 4.78 is 50.2. The van der Waals surface area contributed by atoms with E-state index in [9.17, 15) is 43.5 Å². The quantitative estimate of drug-likeness (QED) is 0.288. The number of aliphatic hydroxyl groups excluding tert-OH is 2. The summed E-state index contributed by atoms with van der Waals surface area (Å²) in [5.41, 5.74) is 5.92. The molecule has 4 N–H and O–H groups in total. The fourth-order valence-corrected chi connectivity index (χ4v) is 5.47. The second-order valence-electron chi connectivity index (χ2n) is 5.93. The van der Waals surface area contributed by atoms with Crippen molar-refractivity contribution in [3.63, 3.8) is 0 Å². The Balaban J connectivity index is 1.69. The number of hydrogen-bond donors (Lipinski definition) is 3. The average Bonchev–Trinajstić information content (AvgIpc) is 3.13. The van der Waals surface area contributed by atoms with E-state index in [2.05, 4.69) is 28.1 Å². The molecule has 0 saturated carbocycles. The Morgan fingerprint density at radius 3 is 2.39 bits per heavy atom. The summed E-state index contributed by atoms with van der Waals surface area (Å²) in [7, 11) is -18.1. The molecule has 2 unspecified atom stereocenters. The first kappa shape index (κ1) is 24.3. The third-order valence-corrected chi connectivity index (χ3v) is 7.46. The summed E-state index contributed by atoms with van der Waals surface area (Å²) in [6.07, 6.45) is -3.99. The molecule has 0 aliphatic carbocycles. The molecule has 0 aromatic carbocycles. The van der Waals surface area contributed by atoms with E-state index in [1.165, 1.54) is 4.57 Å². The van der Waals surface area contributed by atoms with Gasteiger partial charge in [0.25, 0.3) is 15.6 Å². The van der Waals surface area contributed by atoms with Crippen LogP contribution in [0.5, 0.6) is 0 Å². The van der Waals surface area contributed by atoms with Gasteiger partial charge in [-0.05, 0) is 0 Å². The maximum Gasteiger partial charge on any atom is 0.278 e. The predicted octanol–water partition coefficient (Wildman–Crippen LogP) is -4.16. The molecule has 0 spiro atoms. The highest BCUT2D eigenvalue weighted by atomic mass is 31.3. The van der Waals surface area contributed by atoms with E-state index >= 15 is 0 Å². The van der Waals surface area contributed by atoms with Gasteiger partial charge in [-0.15, -0.1) is 0 Å². The van der Waals surface area contributed by atoms with Crippen LogP contribution in [0.2, 0.25) is 0 Å². The molecule has 21 heteroatoms. The van der Waals surface area contributed by atoms with E-state index in [1.54, 1.807) is 0 Å². The number of ether oxygens (including phenoxy) is 1. The lowest BCUT2D eigenvalue weighted by Crippen LogP contribution is -2.34. The summed E-state index contributed by atoms with van der Waals surface area (Å²) in [5, 5.41) is 20.3. The number of rotatable bonds is 8. The SMILES string of the molecule is Nc1ncnc2c1ncn2[C@@H]1O[C@H](COP(=O)([O-])OP(=O)([O-])OP(=O)([O-])[O-])[C@@H](O)[C@H]1O. The normalized spacial score (nSPS) is 28.5. The first-order chi connectivity index (χ1) is 14.2. The monoisotopic (exact) mass is 503 g/mol. The third kappa shape index (κ3) is 5.71. The first-order valence-electron chi connectivity index (χ1n) is 7.85. The van der Waals surface area contributed by atoms with Gasteiger partial charge in [-0.3, -0.25) is 18.0 Å². The topological polar surface area (TPSA) is 290 Å². The number of anilines is 1. The lowest BCUT2D eigenvalue weighted by atomic mass is 10.1. The number of phosphoric ester groups is 1. The number of aliphatic hydroxyl groups is 2. The third-order valence-electron chi connectivity index (χ3n) is 3.80. The maximum atomic E-state index is 11.6. The lowest BCUT2D eigenvalue weighted by molar-refractivity contribution is -0.339. The van der Waals surface area contributed by atoms with Crippen LogP contribution in [-0.4, -0.2) is 54.7 Å². The van der Waals surface area contributed by atoms with Crippen molar-refractivity contribution < 1.29 is 61.4 Å². The minimum absolute atomic E-state index is 0.0195. The highest BCUT2D eigenvalue weighted by Crippen LogP contribution is 2.60. The van der Waals surface area contributed by atoms with Crippen molar-refractivity contribution in [3.8, 4) is 0 Å². The van der Waals surface area contributed by atoms with E-state index in [0.29, 0.717) is 0 Å². The Morgan fingerprint density at radius 1 is 1.06 bits per heavy atom. The molecule has 1 saturated heterocycles. The molecule has 0 amide bonds. The highest BCUT2D eigenvalue weighted by Gasteiger charge is 2.45. The molecule has 0 radical (unpaired) electrons. The van der Waals surface area contributed by atoms with Gasteiger partial charge in [-0.1, -0.05) is 0 Å². The maximum absolute atomic E-state index is 11.6. The Hall–Kier alpha value is -1.36. The molecule has 2 aromatic rings. The van der Waals surface area contributed by atoms with Crippen molar-refractivity contribution in [2.75, 3.05) is 12.3 Å². The minimum Gasteiger partial charge on any atom is -0.790 e. The van der Waals surface area contributed by atoms with Crippen LogP contribution in [0.15, 0.2) is 12.7 Å². The van der Waals surface area contributed by atoms with Crippen molar-refractivity contribution in [2.24, 2.45) is 0 Å². The molecular weight excluding hydrogens is 491 g/mol. The van der Waals surface area contributed by atoms with Crippen molar-refractivity contribution >= 4 is 40.4 Å². The van der Waals surface area contributed by atoms with Crippen molar-refractivity contribution in [2.45, 2.75) is 24.5 Å². The van der Waals surface area contributed by atoms with E-state index in [1.807, 2.05) is 0 Å². The fraction of sp³-hybridized carbons (Fsp3) is 0.500. The summed E-state index contributed by atoms with van der Waals surface area (Å²) in [4.78, 5) is 54.9. The van der Waals surface area contributed by atoms with Crippen LogP contribution in [-0.2, 0) is 31.6 Å². The van der Waals surface area contributed by atoms with E-state index in [-0.39, 0.29) is 17.0 Å². The second-order valence-corrected chi connectivity index (χ2v) is 10.2. The number of hydrogen-bond acceptors (Lipinski definition) is 17. The molecule has 1 fully saturated rings. The highest BCUT2D eigenvalue weighted by molar-refractivity contribution is 7.64. The molecule has 2 aromatic heterocycles. The number of nitrogens with two attached hydrogens (primary N) is 1. The van der Waals surface area contributed by atoms with Gasteiger partial charge >= 0.3 is 0 Å². The van der Waals surface area contributed by atoms with E-state index in [4.69, 9.17) is 10.5 Å². The molecule has 1 aliphatic rings. The zero-order valence-electron chi connectivity index (χ0n) is 14.8. The Bertz CT molecular complexity index is 1100. The molecule has 18 nitrogen and oxygen atoms in total. The number of aromatic nitrogens is 4. The number of imidazole rings is 1. The molecular formula is C10H12N5O13P3-4. The van der Waals surface area contributed by atoms with E-state index < -0.39 is 54.6 Å². The van der Waals surface area contributed by atoms with Gasteiger partial charge in [-0.25, -0.2) is 19.3 Å². The van der Waals surface area contributed by atoms with Crippen LogP contribution in [0.25, 0.3) is 11.2 Å². The number of nitrogens with zero attached hydrogens (tertiary/aromatic N) is 4. The number of nitrogen functional groups attached to an aromatic ring is 1. The second kappa shape index (κ2) is 8.53. The van der Waals surface area contributed by atoms with Crippen LogP contribution < -0.4 is 25.3 Å². The Morgan fingerprint density at radius 2 is 1.74 bits per heavy atom. The van der Waals surface area contributed by atoms with Gasteiger partial charge in [0.1, 0.15) is 30.2 Å². The smallest absolute Gasteiger partial charge is 0.278 e.